The van der Waals surface area contributed by atoms with E-state index in [4.69, 9.17) is 5.84 Å². The second kappa shape index (κ2) is 5.21. The Balaban J connectivity index is 2.47. The number of rotatable bonds is 4. The van der Waals surface area contributed by atoms with Crippen LogP contribution in [0.25, 0.3) is 0 Å². The van der Waals surface area contributed by atoms with Crippen LogP contribution < -0.4 is 11.3 Å². The SMILES string of the molecule is CC(C)n1ncc(Br)c1C(NN)c1cn(C)cn1. The molecule has 1 atom stereocenters. The molecule has 2 aromatic rings. The Bertz CT molecular complexity index is 529. The fourth-order valence-electron chi connectivity index (χ4n) is 1.92. The normalized spacial score (nSPS) is 13.2. The van der Waals surface area contributed by atoms with Crippen LogP contribution in [0.15, 0.2) is 23.2 Å². The standard InChI is InChI=1S/C11H17BrN6/c1-7(2)18-11(8(12)4-15-18)10(16-13)9-5-17(3)6-14-9/h4-7,10,16H,13H2,1-3H3. The van der Waals surface area contributed by atoms with E-state index < -0.39 is 0 Å². The molecule has 2 rings (SSSR count). The van der Waals surface area contributed by atoms with Gasteiger partial charge in [0, 0.05) is 19.3 Å². The summed E-state index contributed by atoms with van der Waals surface area (Å²) in [5.74, 6) is 5.68. The lowest BCUT2D eigenvalue weighted by molar-refractivity contribution is 0.472. The fraction of sp³-hybridized carbons (Fsp3) is 0.455. The van der Waals surface area contributed by atoms with E-state index >= 15 is 0 Å². The van der Waals surface area contributed by atoms with Crippen LogP contribution in [0, 0.1) is 0 Å². The van der Waals surface area contributed by atoms with Gasteiger partial charge in [0.15, 0.2) is 0 Å². The molecular weight excluding hydrogens is 296 g/mol. The summed E-state index contributed by atoms with van der Waals surface area (Å²) in [5, 5.41) is 4.36. The quantitative estimate of drug-likeness (QED) is 0.663. The number of aromatic nitrogens is 4. The molecule has 0 amide bonds. The molecule has 3 N–H and O–H groups in total. The molecule has 1 unspecified atom stereocenters. The van der Waals surface area contributed by atoms with Crippen molar-refractivity contribution in [3.05, 3.63) is 34.6 Å². The van der Waals surface area contributed by atoms with Crippen LogP contribution in [0.5, 0.6) is 0 Å². The molecule has 0 radical (unpaired) electrons. The molecule has 0 spiro atoms. The third-order valence-electron chi connectivity index (χ3n) is 2.74. The van der Waals surface area contributed by atoms with Crippen LogP contribution in [-0.4, -0.2) is 19.3 Å². The van der Waals surface area contributed by atoms with E-state index in [0.29, 0.717) is 0 Å². The number of nitrogens with one attached hydrogen (secondary N) is 1. The van der Waals surface area contributed by atoms with E-state index in [1.165, 1.54) is 0 Å². The maximum absolute atomic E-state index is 5.68. The Kier molecular flexibility index (Phi) is 3.84. The summed E-state index contributed by atoms with van der Waals surface area (Å²) in [7, 11) is 1.93. The van der Waals surface area contributed by atoms with Gasteiger partial charge in [0.1, 0.15) is 6.04 Å². The lowest BCUT2D eigenvalue weighted by Crippen LogP contribution is -2.31. The van der Waals surface area contributed by atoms with Crippen LogP contribution in [0.4, 0.5) is 0 Å². The molecule has 0 aliphatic carbocycles. The van der Waals surface area contributed by atoms with Crippen molar-refractivity contribution in [1.82, 2.24) is 24.8 Å². The van der Waals surface area contributed by atoms with E-state index in [1.807, 2.05) is 22.5 Å². The van der Waals surface area contributed by atoms with Gasteiger partial charge in [-0.1, -0.05) is 0 Å². The predicted molar refractivity (Wildman–Crippen MR) is 72.7 cm³/mol. The van der Waals surface area contributed by atoms with Crippen LogP contribution in [0.3, 0.4) is 0 Å². The summed E-state index contributed by atoms with van der Waals surface area (Å²) in [4.78, 5) is 4.34. The number of nitrogens with two attached hydrogens (primary N) is 1. The summed E-state index contributed by atoms with van der Waals surface area (Å²) in [5.41, 5.74) is 4.65. The number of nitrogens with zero attached hydrogens (tertiary/aromatic N) is 4. The van der Waals surface area contributed by atoms with E-state index in [0.717, 1.165) is 15.9 Å². The second-order valence-corrected chi connectivity index (χ2v) is 5.33. The highest BCUT2D eigenvalue weighted by Crippen LogP contribution is 2.29. The zero-order chi connectivity index (χ0) is 13.3. The molecule has 2 heterocycles. The predicted octanol–water partition coefficient (Wildman–Crippen LogP) is 1.51. The van der Waals surface area contributed by atoms with Gasteiger partial charge in [-0.3, -0.25) is 10.5 Å². The highest BCUT2D eigenvalue weighted by molar-refractivity contribution is 9.10. The first kappa shape index (κ1) is 13.3. The first-order chi connectivity index (χ1) is 8.54. The molecule has 0 saturated carbocycles. The number of imidazole rings is 1. The first-order valence-corrected chi connectivity index (χ1v) is 6.50. The number of halogens is 1. The van der Waals surface area contributed by atoms with Gasteiger partial charge < -0.3 is 4.57 Å². The number of aryl methyl sites for hydroxylation is 1. The highest BCUT2D eigenvalue weighted by atomic mass is 79.9. The van der Waals surface area contributed by atoms with Crippen molar-refractivity contribution in [2.45, 2.75) is 25.9 Å². The lowest BCUT2D eigenvalue weighted by atomic mass is 10.1. The molecular formula is C11H17BrN6. The third-order valence-corrected chi connectivity index (χ3v) is 3.35. The highest BCUT2D eigenvalue weighted by Gasteiger charge is 2.23. The molecule has 7 heteroatoms. The third kappa shape index (κ3) is 2.33. The van der Waals surface area contributed by atoms with Crippen LogP contribution in [-0.2, 0) is 7.05 Å². The van der Waals surface area contributed by atoms with Crippen molar-refractivity contribution in [3.8, 4) is 0 Å². The van der Waals surface area contributed by atoms with Crippen LogP contribution >= 0.6 is 15.9 Å². The molecule has 0 aliphatic rings. The Hall–Kier alpha value is -1.18. The van der Waals surface area contributed by atoms with E-state index in [-0.39, 0.29) is 12.1 Å². The van der Waals surface area contributed by atoms with Gasteiger partial charge in [-0.2, -0.15) is 5.10 Å². The Morgan fingerprint density at radius 2 is 2.17 bits per heavy atom. The summed E-state index contributed by atoms with van der Waals surface area (Å²) in [6, 6.07) is 0.0661. The summed E-state index contributed by atoms with van der Waals surface area (Å²) >= 11 is 3.52. The fourth-order valence-corrected chi connectivity index (χ4v) is 2.42. The molecule has 18 heavy (non-hydrogen) atoms. The minimum absolute atomic E-state index is 0.189. The monoisotopic (exact) mass is 312 g/mol. The maximum Gasteiger partial charge on any atom is 0.108 e. The van der Waals surface area contributed by atoms with Crippen molar-refractivity contribution in [3.63, 3.8) is 0 Å². The number of hydrazine groups is 1. The Labute approximate surface area is 114 Å². The Morgan fingerprint density at radius 1 is 1.44 bits per heavy atom. The van der Waals surface area contributed by atoms with E-state index in [1.54, 1.807) is 12.5 Å². The zero-order valence-corrected chi connectivity index (χ0v) is 12.2. The summed E-state index contributed by atoms with van der Waals surface area (Å²) < 4.78 is 4.75. The second-order valence-electron chi connectivity index (χ2n) is 4.48. The van der Waals surface area contributed by atoms with E-state index in [9.17, 15) is 0 Å². The van der Waals surface area contributed by atoms with Crippen molar-refractivity contribution in [2.75, 3.05) is 0 Å². The van der Waals surface area contributed by atoms with Crippen LogP contribution in [0.1, 0.15) is 37.3 Å². The number of hydrogen-bond donors (Lipinski definition) is 2. The van der Waals surface area contributed by atoms with Crippen molar-refractivity contribution >= 4 is 15.9 Å². The van der Waals surface area contributed by atoms with Gasteiger partial charge in [0.05, 0.1) is 28.4 Å². The van der Waals surface area contributed by atoms with Gasteiger partial charge >= 0.3 is 0 Å². The smallest absolute Gasteiger partial charge is 0.108 e. The van der Waals surface area contributed by atoms with Gasteiger partial charge in [-0.15, -0.1) is 0 Å². The molecule has 0 bridgehead atoms. The number of hydrogen-bond acceptors (Lipinski definition) is 4. The first-order valence-electron chi connectivity index (χ1n) is 5.71. The molecule has 0 fully saturated rings. The largest absolute Gasteiger partial charge is 0.340 e. The average Bonchev–Trinajstić information content (AvgIpc) is 2.88. The molecule has 0 aromatic carbocycles. The Morgan fingerprint density at radius 3 is 2.67 bits per heavy atom. The molecule has 6 nitrogen and oxygen atoms in total. The average molecular weight is 313 g/mol. The minimum Gasteiger partial charge on any atom is -0.340 e. The zero-order valence-electron chi connectivity index (χ0n) is 10.6. The molecule has 0 saturated heterocycles. The van der Waals surface area contributed by atoms with Gasteiger partial charge in [0.2, 0.25) is 0 Å². The van der Waals surface area contributed by atoms with Crippen molar-refractivity contribution in [2.24, 2.45) is 12.9 Å². The summed E-state index contributed by atoms with van der Waals surface area (Å²) in [6.07, 6.45) is 5.47. The maximum atomic E-state index is 5.68. The molecule has 98 valence electrons. The minimum atomic E-state index is -0.189. The van der Waals surface area contributed by atoms with Crippen molar-refractivity contribution < 1.29 is 0 Å². The molecule has 2 aromatic heterocycles. The topological polar surface area (TPSA) is 73.7 Å². The van der Waals surface area contributed by atoms with Gasteiger partial charge in [-0.05, 0) is 29.8 Å². The van der Waals surface area contributed by atoms with Crippen LogP contribution in [0.2, 0.25) is 0 Å². The van der Waals surface area contributed by atoms with Crippen molar-refractivity contribution in [1.29, 1.82) is 0 Å². The van der Waals surface area contributed by atoms with E-state index in [2.05, 4.69) is 45.3 Å². The summed E-state index contributed by atoms with van der Waals surface area (Å²) in [6.45, 7) is 4.16. The van der Waals surface area contributed by atoms with Gasteiger partial charge in [0.25, 0.3) is 0 Å². The van der Waals surface area contributed by atoms with Gasteiger partial charge in [-0.25, -0.2) is 10.4 Å². The molecule has 0 aliphatic heterocycles. The lowest BCUT2D eigenvalue weighted by Gasteiger charge is -2.18.